The number of amides is 1. The fraction of sp³-hybridized carbons (Fsp3) is 0.381. The molecule has 0 saturated heterocycles. The number of benzene rings is 1. The van der Waals surface area contributed by atoms with Gasteiger partial charge in [0.15, 0.2) is 0 Å². The zero-order valence-electron chi connectivity index (χ0n) is 17.7. The number of carbonyl (C=O) groups is 2. The topological polar surface area (TPSA) is 112 Å². The Morgan fingerprint density at radius 2 is 2.00 bits per heavy atom. The SMILES string of the molecule is CCc1nn2c(=O)cc(COC(=O)[C@H](NC(=O)c3ccccc3OC)C(C)C)nc2s1. The van der Waals surface area contributed by atoms with Gasteiger partial charge in [0.2, 0.25) is 4.96 Å². The Hall–Kier alpha value is -3.27. The number of hydrogen-bond donors (Lipinski definition) is 1. The average molecular weight is 445 g/mol. The molecule has 1 amide bonds. The maximum absolute atomic E-state index is 12.7. The Morgan fingerprint density at radius 1 is 1.26 bits per heavy atom. The zero-order chi connectivity index (χ0) is 22.5. The summed E-state index contributed by atoms with van der Waals surface area (Å²) in [6.45, 7) is 5.36. The summed E-state index contributed by atoms with van der Waals surface area (Å²) < 4.78 is 11.8. The van der Waals surface area contributed by atoms with Gasteiger partial charge in [-0.25, -0.2) is 9.78 Å². The predicted molar refractivity (Wildman–Crippen MR) is 115 cm³/mol. The van der Waals surface area contributed by atoms with Crippen LogP contribution in [0.25, 0.3) is 4.96 Å². The number of esters is 1. The molecule has 164 valence electrons. The Bertz CT molecular complexity index is 1150. The molecule has 1 aromatic carbocycles. The van der Waals surface area contributed by atoms with Crippen molar-refractivity contribution < 1.29 is 19.1 Å². The van der Waals surface area contributed by atoms with Gasteiger partial charge in [-0.15, -0.1) is 0 Å². The number of aromatic nitrogens is 3. The Kier molecular flexibility index (Phi) is 7.01. The molecule has 0 bridgehead atoms. The van der Waals surface area contributed by atoms with Crippen LogP contribution in [0.4, 0.5) is 0 Å². The molecule has 3 rings (SSSR count). The Morgan fingerprint density at radius 3 is 2.68 bits per heavy atom. The lowest BCUT2D eigenvalue weighted by atomic mass is 10.0. The van der Waals surface area contributed by atoms with E-state index in [1.807, 2.05) is 6.92 Å². The highest BCUT2D eigenvalue weighted by Gasteiger charge is 2.27. The molecule has 0 spiro atoms. The van der Waals surface area contributed by atoms with Crippen LogP contribution in [0.15, 0.2) is 35.1 Å². The second kappa shape index (κ2) is 9.69. The quantitative estimate of drug-likeness (QED) is 0.530. The van der Waals surface area contributed by atoms with Crippen LogP contribution < -0.4 is 15.6 Å². The number of aryl methyl sites for hydroxylation is 1. The summed E-state index contributed by atoms with van der Waals surface area (Å²) in [4.78, 5) is 42.4. The van der Waals surface area contributed by atoms with Crippen LogP contribution in [-0.2, 0) is 22.6 Å². The molecule has 10 heteroatoms. The Labute approximate surface area is 183 Å². The number of carbonyl (C=O) groups excluding carboxylic acids is 2. The summed E-state index contributed by atoms with van der Waals surface area (Å²) in [5.41, 5.74) is 0.306. The van der Waals surface area contributed by atoms with Crippen molar-refractivity contribution in [1.82, 2.24) is 19.9 Å². The molecule has 0 aliphatic heterocycles. The number of methoxy groups -OCH3 is 1. The van der Waals surface area contributed by atoms with Gasteiger partial charge in [-0.1, -0.05) is 44.2 Å². The summed E-state index contributed by atoms with van der Waals surface area (Å²) in [6.07, 6.45) is 0.694. The highest BCUT2D eigenvalue weighted by molar-refractivity contribution is 7.16. The molecular weight excluding hydrogens is 420 g/mol. The van der Waals surface area contributed by atoms with E-state index in [1.165, 1.54) is 29.0 Å². The van der Waals surface area contributed by atoms with E-state index in [0.717, 1.165) is 5.01 Å². The number of ether oxygens (including phenoxy) is 2. The predicted octanol–water partition coefficient (Wildman–Crippen LogP) is 2.22. The van der Waals surface area contributed by atoms with Crippen LogP contribution in [0.2, 0.25) is 0 Å². The normalized spacial score (nSPS) is 12.0. The van der Waals surface area contributed by atoms with Crippen molar-refractivity contribution in [3.8, 4) is 5.75 Å². The molecule has 1 N–H and O–H groups in total. The second-order valence-corrected chi connectivity index (χ2v) is 8.17. The van der Waals surface area contributed by atoms with E-state index in [2.05, 4.69) is 15.4 Å². The lowest BCUT2D eigenvalue weighted by Gasteiger charge is -2.21. The van der Waals surface area contributed by atoms with Gasteiger partial charge in [0.1, 0.15) is 23.4 Å². The third-order valence-electron chi connectivity index (χ3n) is 4.56. The van der Waals surface area contributed by atoms with E-state index >= 15 is 0 Å². The molecule has 0 aliphatic carbocycles. The molecule has 0 fully saturated rings. The van der Waals surface area contributed by atoms with E-state index < -0.39 is 17.9 Å². The first-order chi connectivity index (χ1) is 14.8. The maximum atomic E-state index is 12.7. The van der Waals surface area contributed by atoms with E-state index in [-0.39, 0.29) is 18.1 Å². The minimum atomic E-state index is -0.877. The van der Waals surface area contributed by atoms with Crippen LogP contribution in [-0.4, -0.2) is 39.6 Å². The van der Waals surface area contributed by atoms with Gasteiger partial charge in [0.05, 0.1) is 18.4 Å². The van der Waals surface area contributed by atoms with Crippen molar-refractivity contribution in [3.63, 3.8) is 0 Å². The molecular formula is C21H24N4O5S. The first-order valence-corrected chi connectivity index (χ1v) is 10.6. The van der Waals surface area contributed by atoms with Crippen molar-refractivity contribution in [1.29, 1.82) is 0 Å². The van der Waals surface area contributed by atoms with E-state index in [9.17, 15) is 14.4 Å². The zero-order valence-corrected chi connectivity index (χ0v) is 18.6. The number of hydrogen-bond acceptors (Lipinski definition) is 8. The van der Waals surface area contributed by atoms with Gasteiger partial charge in [-0.3, -0.25) is 9.59 Å². The van der Waals surface area contributed by atoms with E-state index in [0.29, 0.717) is 28.4 Å². The van der Waals surface area contributed by atoms with Gasteiger partial charge >= 0.3 is 5.97 Å². The molecule has 2 aromatic heterocycles. The molecule has 9 nitrogen and oxygen atoms in total. The molecule has 31 heavy (non-hydrogen) atoms. The highest BCUT2D eigenvalue weighted by atomic mass is 32.1. The van der Waals surface area contributed by atoms with Gasteiger partial charge in [-0.05, 0) is 24.5 Å². The molecule has 0 unspecified atom stereocenters. The van der Waals surface area contributed by atoms with Crippen molar-refractivity contribution in [2.45, 2.75) is 39.8 Å². The molecule has 0 aliphatic rings. The minimum absolute atomic E-state index is 0.183. The number of nitrogens with one attached hydrogen (secondary N) is 1. The third kappa shape index (κ3) is 5.08. The summed E-state index contributed by atoms with van der Waals surface area (Å²) in [5, 5.41) is 7.69. The van der Waals surface area contributed by atoms with Gasteiger partial charge in [-0.2, -0.15) is 9.61 Å². The largest absolute Gasteiger partial charge is 0.496 e. The first-order valence-electron chi connectivity index (χ1n) is 9.83. The van der Waals surface area contributed by atoms with E-state index in [1.54, 1.807) is 38.1 Å². The highest BCUT2D eigenvalue weighted by Crippen LogP contribution is 2.18. The van der Waals surface area contributed by atoms with E-state index in [4.69, 9.17) is 9.47 Å². The number of para-hydroxylation sites is 1. The number of fused-ring (bicyclic) bond motifs is 1. The van der Waals surface area contributed by atoms with Gasteiger partial charge in [0.25, 0.3) is 11.5 Å². The van der Waals surface area contributed by atoms with Crippen molar-refractivity contribution in [3.05, 3.63) is 57.0 Å². The summed E-state index contributed by atoms with van der Waals surface area (Å²) >= 11 is 1.31. The number of rotatable bonds is 8. The van der Waals surface area contributed by atoms with Gasteiger partial charge in [0, 0.05) is 6.07 Å². The molecule has 0 radical (unpaired) electrons. The third-order valence-corrected chi connectivity index (χ3v) is 5.62. The van der Waals surface area contributed by atoms with Crippen LogP contribution in [0, 0.1) is 5.92 Å². The molecule has 0 saturated carbocycles. The fourth-order valence-electron chi connectivity index (χ4n) is 2.90. The molecule has 3 aromatic rings. The summed E-state index contributed by atoms with van der Waals surface area (Å²) in [5.74, 6) is -0.868. The van der Waals surface area contributed by atoms with Crippen LogP contribution in [0.3, 0.4) is 0 Å². The summed E-state index contributed by atoms with van der Waals surface area (Å²) in [6, 6.07) is 7.16. The lowest BCUT2D eigenvalue weighted by Crippen LogP contribution is -2.45. The van der Waals surface area contributed by atoms with Crippen molar-refractivity contribution in [2.24, 2.45) is 5.92 Å². The van der Waals surface area contributed by atoms with Crippen molar-refractivity contribution in [2.75, 3.05) is 7.11 Å². The lowest BCUT2D eigenvalue weighted by molar-refractivity contribution is -0.148. The maximum Gasteiger partial charge on any atom is 0.329 e. The monoisotopic (exact) mass is 444 g/mol. The van der Waals surface area contributed by atoms with Crippen LogP contribution in [0.1, 0.15) is 41.8 Å². The minimum Gasteiger partial charge on any atom is -0.496 e. The van der Waals surface area contributed by atoms with Crippen LogP contribution in [0.5, 0.6) is 5.75 Å². The Balaban J connectivity index is 1.72. The average Bonchev–Trinajstić information content (AvgIpc) is 3.19. The second-order valence-electron chi connectivity index (χ2n) is 7.13. The summed E-state index contributed by atoms with van der Waals surface area (Å²) in [7, 11) is 1.47. The first kappa shape index (κ1) is 22.4. The van der Waals surface area contributed by atoms with Crippen molar-refractivity contribution >= 4 is 28.2 Å². The fourth-order valence-corrected chi connectivity index (χ4v) is 3.75. The molecule has 1 atom stereocenters. The standard InChI is InChI=1S/C21H24N4O5S/c1-5-16-24-25-17(26)10-13(22-21(25)31-16)11-30-20(28)18(12(2)3)23-19(27)14-8-6-7-9-15(14)29-4/h6-10,12,18H,5,11H2,1-4H3,(H,23,27)/t18-/m1/s1. The molecule has 2 heterocycles. The van der Waals surface area contributed by atoms with Gasteiger partial charge < -0.3 is 14.8 Å². The van der Waals surface area contributed by atoms with Crippen LogP contribution >= 0.6 is 11.3 Å². The number of nitrogens with zero attached hydrogens (tertiary/aromatic N) is 3. The smallest absolute Gasteiger partial charge is 0.329 e.